The Morgan fingerprint density at radius 2 is 1.75 bits per heavy atom. The molecule has 8 heteroatoms. The molecule has 2 aliphatic rings. The van der Waals surface area contributed by atoms with Crippen LogP contribution in [0.4, 0.5) is 5.69 Å². The van der Waals surface area contributed by atoms with Crippen LogP contribution in [0.25, 0.3) is 0 Å². The van der Waals surface area contributed by atoms with E-state index in [1.165, 1.54) is 29.1 Å². The number of fused-ring (bicyclic) bond motifs is 1. The Balaban J connectivity index is 1.37. The highest BCUT2D eigenvalue weighted by Crippen LogP contribution is 2.35. The fourth-order valence-corrected chi connectivity index (χ4v) is 5.16. The van der Waals surface area contributed by atoms with Crippen LogP contribution in [0.3, 0.4) is 0 Å². The number of sulfonamides is 1. The summed E-state index contributed by atoms with van der Waals surface area (Å²) < 4.78 is 31.7. The van der Waals surface area contributed by atoms with Gasteiger partial charge in [-0.05, 0) is 61.7 Å². The number of piperidine rings is 1. The van der Waals surface area contributed by atoms with Crippen molar-refractivity contribution in [1.82, 2.24) is 10.2 Å². The van der Waals surface area contributed by atoms with Crippen LogP contribution in [0.2, 0.25) is 0 Å². The average Bonchev–Trinajstić information content (AvgIpc) is 2.77. The highest BCUT2D eigenvalue weighted by Gasteiger charge is 2.35. The van der Waals surface area contributed by atoms with Crippen molar-refractivity contribution in [3.8, 4) is 5.75 Å². The average molecular weight is 458 g/mol. The van der Waals surface area contributed by atoms with Gasteiger partial charge in [-0.3, -0.25) is 14.0 Å². The summed E-state index contributed by atoms with van der Waals surface area (Å²) >= 11 is 0. The van der Waals surface area contributed by atoms with Crippen LogP contribution in [0.1, 0.15) is 36.0 Å². The Morgan fingerprint density at radius 1 is 1.06 bits per heavy atom. The summed E-state index contributed by atoms with van der Waals surface area (Å²) in [5, 5.41) is 2.89. The van der Waals surface area contributed by atoms with Gasteiger partial charge in [-0.1, -0.05) is 36.8 Å². The predicted molar refractivity (Wildman–Crippen MR) is 125 cm³/mol. The molecular weight excluding hydrogens is 426 g/mol. The Labute approximate surface area is 190 Å². The lowest BCUT2D eigenvalue weighted by Crippen LogP contribution is -2.50. The molecule has 1 saturated heterocycles. The lowest BCUT2D eigenvalue weighted by atomic mass is 10.1. The van der Waals surface area contributed by atoms with Crippen LogP contribution in [-0.4, -0.2) is 51.2 Å². The molecule has 0 radical (unpaired) electrons. The van der Waals surface area contributed by atoms with Gasteiger partial charge in [0.05, 0.1) is 18.5 Å². The Bertz CT molecular complexity index is 1060. The van der Waals surface area contributed by atoms with E-state index >= 15 is 0 Å². The standard InChI is InChI=1S/C24H31N3O4S/c1-18-6-11-22-21(14-18)27(32(2,29)30)17-23(31-22)24(28)25-15-19-7-9-20(10-8-19)16-26-12-4-3-5-13-26/h6-11,14,23H,3-5,12-13,15-17H2,1-2H3,(H,25,28)/t23-/m0/s1. The molecule has 32 heavy (non-hydrogen) atoms. The number of rotatable bonds is 6. The summed E-state index contributed by atoms with van der Waals surface area (Å²) in [4.78, 5) is 15.3. The molecule has 1 fully saturated rings. The van der Waals surface area contributed by atoms with Gasteiger partial charge in [0.2, 0.25) is 10.0 Å². The molecule has 0 unspecified atom stereocenters. The van der Waals surface area contributed by atoms with Gasteiger partial charge >= 0.3 is 0 Å². The molecule has 1 atom stereocenters. The van der Waals surface area contributed by atoms with E-state index in [-0.39, 0.29) is 12.5 Å². The van der Waals surface area contributed by atoms with Gasteiger partial charge in [0, 0.05) is 13.1 Å². The van der Waals surface area contributed by atoms with E-state index in [2.05, 4.69) is 22.3 Å². The van der Waals surface area contributed by atoms with Crippen LogP contribution in [-0.2, 0) is 27.9 Å². The number of hydrogen-bond donors (Lipinski definition) is 1. The fourth-order valence-electron chi connectivity index (χ4n) is 4.25. The molecule has 0 aromatic heterocycles. The number of carbonyl (C=O) groups is 1. The van der Waals surface area contributed by atoms with Crippen LogP contribution in [0.5, 0.6) is 5.75 Å². The molecular formula is C24H31N3O4S. The van der Waals surface area contributed by atoms with Crippen molar-refractivity contribution in [2.75, 3.05) is 30.2 Å². The van der Waals surface area contributed by atoms with Crippen molar-refractivity contribution < 1.29 is 17.9 Å². The minimum absolute atomic E-state index is 0.0457. The van der Waals surface area contributed by atoms with Crippen molar-refractivity contribution in [3.05, 3.63) is 59.2 Å². The smallest absolute Gasteiger partial charge is 0.263 e. The fraction of sp³-hybridized carbons (Fsp3) is 0.458. The van der Waals surface area contributed by atoms with Gasteiger partial charge in [0.25, 0.3) is 5.91 Å². The monoisotopic (exact) mass is 457 g/mol. The third kappa shape index (κ3) is 5.42. The zero-order valence-electron chi connectivity index (χ0n) is 18.7. The zero-order valence-corrected chi connectivity index (χ0v) is 19.5. The molecule has 0 aliphatic carbocycles. The van der Waals surface area contributed by atoms with E-state index in [1.54, 1.807) is 12.1 Å². The second-order valence-electron chi connectivity index (χ2n) is 8.74. The lowest BCUT2D eigenvalue weighted by Gasteiger charge is -2.34. The van der Waals surface area contributed by atoms with E-state index in [0.717, 1.165) is 37.0 Å². The molecule has 172 valence electrons. The van der Waals surface area contributed by atoms with Crippen molar-refractivity contribution in [2.45, 2.75) is 45.4 Å². The normalized spacial score (nSPS) is 19.2. The van der Waals surface area contributed by atoms with Gasteiger partial charge in [-0.25, -0.2) is 8.42 Å². The molecule has 2 aromatic rings. The third-order valence-corrected chi connectivity index (χ3v) is 7.17. The second-order valence-corrected chi connectivity index (χ2v) is 10.6. The number of nitrogens with one attached hydrogen (secondary N) is 1. The maximum atomic E-state index is 12.8. The second kappa shape index (κ2) is 9.50. The van der Waals surface area contributed by atoms with E-state index < -0.39 is 16.1 Å². The molecule has 0 bridgehead atoms. The number of ether oxygens (including phenoxy) is 1. The van der Waals surface area contributed by atoms with E-state index in [9.17, 15) is 13.2 Å². The largest absolute Gasteiger partial charge is 0.476 e. The van der Waals surface area contributed by atoms with Gasteiger partial charge in [-0.2, -0.15) is 0 Å². The Morgan fingerprint density at radius 3 is 2.44 bits per heavy atom. The van der Waals surface area contributed by atoms with Crippen molar-refractivity contribution in [2.24, 2.45) is 0 Å². The molecule has 2 heterocycles. The number of benzene rings is 2. The van der Waals surface area contributed by atoms with Crippen molar-refractivity contribution in [3.63, 3.8) is 0 Å². The van der Waals surface area contributed by atoms with Gasteiger partial charge in [-0.15, -0.1) is 0 Å². The van der Waals surface area contributed by atoms with Crippen LogP contribution in [0, 0.1) is 6.92 Å². The van der Waals surface area contributed by atoms with Gasteiger partial charge in [0.15, 0.2) is 6.10 Å². The predicted octanol–water partition coefficient (Wildman–Crippen LogP) is 2.82. The summed E-state index contributed by atoms with van der Waals surface area (Å²) in [6.45, 7) is 5.48. The topological polar surface area (TPSA) is 79.0 Å². The number of carbonyl (C=O) groups excluding carboxylic acids is 1. The molecule has 0 saturated carbocycles. The summed E-state index contributed by atoms with van der Waals surface area (Å²) in [5.41, 5.74) is 3.66. The molecule has 2 aromatic carbocycles. The molecule has 1 amide bonds. The highest BCUT2D eigenvalue weighted by atomic mass is 32.2. The number of aryl methyl sites for hydroxylation is 1. The van der Waals surface area contributed by atoms with Crippen molar-refractivity contribution >= 4 is 21.6 Å². The number of anilines is 1. The van der Waals surface area contributed by atoms with Gasteiger partial charge in [0.1, 0.15) is 5.75 Å². The quantitative estimate of drug-likeness (QED) is 0.722. The Hall–Kier alpha value is -2.58. The van der Waals surface area contributed by atoms with E-state index in [1.807, 2.05) is 25.1 Å². The minimum Gasteiger partial charge on any atom is -0.476 e. The first-order valence-electron chi connectivity index (χ1n) is 11.1. The van der Waals surface area contributed by atoms with Crippen LogP contribution in [0.15, 0.2) is 42.5 Å². The molecule has 7 nitrogen and oxygen atoms in total. The number of hydrogen-bond acceptors (Lipinski definition) is 5. The van der Waals surface area contributed by atoms with E-state index in [0.29, 0.717) is 18.0 Å². The number of likely N-dealkylation sites (tertiary alicyclic amines) is 1. The maximum absolute atomic E-state index is 12.8. The first-order chi connectivity index (χ1) is 15.3. The molecule has 1 N–H and O–H groups in total. The lowest BCUT2D eigenvalue weighted by molar-refractivity contribution is -0.127. The minimum atomic E-state index is -3.54. The summed E-state index contributed by atoms with van der Waals surface area (Å²) in [7, 11) is -3.54. The number of amides is 1. The van der Waals surface area contributed by atoms with E-state index in [4.69, 9.17) is 4.74 Å². The van der Waals surface area contributed by atoms with Crippen LogP contribution < -0.4 is 14.4 Å². The highest BCUT2D eigenvalue weighted by molar-refractivity contribution is 7.92. The van der Waals surface area contributed by atoms with Gasteiger partial charge < -0.3 is 10.1 Å². The summed E-state index contributed by atoms with van der Waals surface area (Å²) in [5.74, 6) is 0.0664. The summed E-state index contributed by atoms with van der Waals surface area (Å²) in [6, 6.07) is 13.6. The first kappa shape index (κ1) is 22.6. The Kier molecular flexibility index (Phi) is 6.71. The van der Waals surface area contributed by atoms with Crippen molar-refractivity contribution in [1.29, 1.82) is 0 Å². The molecule has 0 spiro atoms. The summed E-state index contributed by atoms with van der Waals surface area (Å²) in [6.07, 6.45) is 4.11. The number of nitrogens with zero attached hydrogens (tertiary/aromatic N) is 2. The molecule has 4 rings (SSSR count). The van der Waals surface area contributed by atoms with Crippen LogP contribution >= 0.6 is 0 Å². The maximum Gasteiger partial charge on any atom is 0.263 e. The zero-order chi connectivity index (χ0) is 22.7. The first-order valence-corrected chi connectivity index (χ1v) is 13.0. The third-order valence-electron chi connectivity index (χ3n) is 6.02. The molecule has 2 aliphatic heterocycles. The SMILES string of the molecule is Cc1ccc2c(c1)N(S(C)(=O)=O)C[C@@H](C(=O)NCc1ccc(CN3CCCCC3)cc1)O2.